The Bertz CT molecular complexity index is 662. The fourth-order valence-electron chi connectivity index (χ4n) is 3.33. The van der Waals surface area contributed by atoms with Crippen molar-refractivity contribution in [3.05, 3.63) is 59.7 Å². The fourth-order valence-corrected chi connectivity index (χ4v) is 3.33. The molecule has 25 heavy (non-hydrogen) atoms. The van der Waals surface area contributed by atoms with E-state index in [1.165, 1.54) is 30.5 Å². The number of likely N-dealkylation sites (N-methyl/N-ethyl adjacent to an activating group) is 1. The minimum Gasteiger partial charge on any atom is -0.497 e. The van der Waals surface area contributed by atoms with Crippen molar-refractivity contribution in [1.29, 1.82) is 0 Å². The summed E-state index contributed by atoms with van der Waals surface area (Å²) >= 11 is 0. The highest BCUT2D eigenvalue weighted by molar-refractivity contribution is 5.85. The number of methoxy groups -OCH3 is 1. The van der Waals surface area contributed by atoms with Crippen molar-refractivity contribution in [2.24, 2.45) is 0 Å². The number of hydrogen-bond acceptors (Lipinski definition) is 3. The fraction of sp³-hybridized carbons (Fsp3) is 0.429. The highest BCUT2D eigenvalue weighted by atomic mass is 35.5. The molecule has 4 heteroatoms. The molecule has 0 N–H and O–H groups in total. The second kappa shape index (κ2) is 9.69. The van der Waals surface area contributed by atoms with E-state index in [4.69, 9.17) is 9.47 Å². The number of ether oxygens (including phenoxy) is 2. The van der Waals surface area contributed by atoms with Crippen molar-refractivity contribution >= 4 is 12.4 Å². The Balaban J connectivity index is 0.00000225. The minimum absolute atomic E-state index is 0. The van der Waals surface area contributed by atoms with Gasteiger partial charge in [-0.25, -0.2) is 0 Å². The first-order chi connectivity index (χ1) is 11.8. The summed E-state index contributed by atoms with van der Waals surface area (Å²) in [7, 11) is 3.90. The molecule has 1 fully saturated rings. The van der Waals surface area contributed by atoms with Gasteiger partial charge in [0.15, 0.2) is 0 Å². The molecular formula is C21H28ClNO2. The molecular weight excluding hydrogens is 334 g/mol. The Morgan fingerprint density at radius 2 is 1.92 bits per heavy atom. The van der Waals surface area contributed by atoms with Crippen molar-refractivity contribution in [2.75, 3.05) is 27.3 Å². The van der Waals surface area contributed by atoms with Gasteiger partial charge in [-0.15, -0.1) is 12.4 Å². The lowest BCUT2D eigenvalue weighted by Crippen LogP contribution is -2.30. The topological polar surface area (TPSA) is 21.7 Å². The SMILES string of the molecule is COc1cccc(CCc2ccccc2OCC2CCCN2C)c1.Cl. The monoisotopic (exact) mass is 361 g/mol. The van der Waals surface area contributed by atoms with E-state index in [9.17, 15) is 0 Å². The van der Waals surface area contributed by atoms with Crippen LogP contribution in [0.15, 0.2) is 48.5 Å². The standard InChI is InChI=1S/C21H27NO2.ClH/c1-22-14-6-9-19(22)16-24-21-11-4-3-8-18(21)13-12-17-7-5-10-20(15-17)23-2;/h3-5,7-8,10-11,15,19H,6,9,12-14,16H2,1-2H3;1H. The largest absolute Gasteiger partial charge is 0.497 e. The first-order valence-electron chi connectivity index (χ1n) is 8.80. The predicted molar refractivity (Wildman–Crippen MR) is 105 cm³/mol. The zero-order valence-corrected chi connectivity index (χ0v) is 15.9. The van der Waals surface area contributed by atoms with Crippen LogP contribution in [0, 0.1) is 0 Å². The van der Waals surface area contributed by atoms with Crippen LogP contribution in [0.25, 0.3) is 0 Å². The summed E-state index contributed by atoms with van der Waals surface area (Å²) in [6, 6.07) is 17.3. The molecule has 0 bridgehead atoms. The molecule has 0 amide bonds. The van der Waals surface area contributed by atoms with Crippen LogP contribution in [-0.4, -0.2) is 38.3 Å². The summed E-state index contributed by atoms with van der Waals surface area (Å²) in [6.07, 6.45) is 4.48. The van der Waals surface area contributed by atoms with Crippen molar-refractivity contribution in [3.63, 3.8) is 0 Å². The highest BCUT2D eigenvalue weighted by Gasteiger charge is 2.21. The van der Waals surface area contributed by atoms with E-state index in [-0.39, 0.29) is 12.4 Å². The van der Waals surface area contributed by atoms with E-state index in [1.54, 1.807) is 7.11 Å². The second-order valence-corrected chi connectivity index (χ2v) is 6.55. The van der Waals surface area contributed by atoms with Crippen LogP contribution >= 0.6 is 12.4 Å². The van der Waals surface area contributed by atoms with Crippen LogP contribution in [0.1, 0.15) is 24.0 Å². The lowest BCUT2D eigenvalue weighted by molar-refractivity contribution is 0.197. The molecule has 3 nitrogen and oxygen atoms in total. The maximum atomic E-state index is 6.16. The number of para-hydroxylation sites is 1. The number of hydrogen-bond donors (Lipinski definition) is 0. The molecule has 0 spiro atoms. The Morgan fingerprint density at radius 1 is 1.08 bits per heavy atom. The van der Waals surface area contributed by atoms with E-state index in [0.717, 1.165) is 30.9 Å². The van der Waals surface area contributed by atoms with Crippen LogP contribution in [0.2, 0.25) is 0 Å². The van der Waals surface area contributed by atoms with Crippen molar-refractivity contribution < 1.29 is 9.47 Å². The summed E-state index contributed by atoms with van der Waals surface area (Å²) in [4.78, 5) is 2.40. The molecule has 1 atom stereocenters. The molecule has 0 saturated carbocycles. The molecule has 3 rings (SSSR count). The van der Waals surface area contributed by atoms with Crippen molar-refractivity contribution in [2.45, 2.75) is 31.7 Å². The van der Waals surface area contributed by atoms with Gasteiger partial charge in [-0.2, -0.15) is 0 Å². The molecule has 1 saturated heterocycles. The number of aryl methyl sites for hydroxylation is 2. The van der Waals surface area contributed by atoms with Gasteiger partial charge < -0.3 is 14.4 Å². The van der Waals surface area contributed by atoms with Gasteiger partial charge in [0.1, 0.15) is 18.1 Å². The van der Waals surface area contributed by atoms with Crippen LogP contribution in [0.3, 0.4) is 0 Å². The summed E-state index contributed by atoms with van der Waals surface area (Å²) in [6.45, 7) is 1.97. The van der Waals surface area contributed by atoms with Gasteiger partial charge in [0.25, 0.3) is 0 Å². The van der Waals surface area contributed by atoms with E-state index < -0.39 is 0 Å². The maximum absolute atomic E-state index is 6.16. The molecule has 0 aliphatic carbocycles. The number of halogens is 1. The number of nitrogens with zero attached hydrogens (tertiary/aromatic N) is 1. The van der Waals surface area contributed by atoms with Gasteiger partial charge in [0, 0.05) is 6.04 Å². The molecule has 1 unspecified atom stereocenters. The van der Waals surface area contributed by atoms with Gasteiger partial charge in [0.05, 0.1) is 7.11 Å². The van der Waals surface area contributed by atoms with E-state index >= 15 is 0 Å². The summed E-state index contributed by atoms with van der Waals surface area (Å²) < 4.78 is 11.5. The van der Waals surface area contributed by atoms with E-state index in [2.05, 4.69) is 48.3 Å². The Morgan fingerprint density at radius 3 is 2.68 bits per heavy atom. The molecule has 1 heterocycles. The van der Waals surface area contributed by atoms with Gasteiger partial charge in [-0.3, -0.25) is 0 Å². The minimum atomic E-state index is 0. The van der Waals surface area contributed by atoms with Crippen LogP contribution in [-0.2, 0) is 12.8 Å². The molecule has 2 aromatic rings. The summed E-state index contributed by atoms with van der Waals surface area (Å²) in [5.74, 6) is 1.95. The lowest BCUT2D eigenvalue weighted by Gasteiger charge is -2.20. The third-order valence-corrected chi connectivity index (χ3v) is 4.89. The van der Waals surface area contributed by atoms with Gasteiger partial charge in [0.2, 0.25) is 0 Å². The molecule has 0 radical (unpaired) electrons. The zero-order chi connectivity index (χ0) is 16.8. The third kappa shape index (κ3) is 5.38. The maximum Gasteiger partial charge on any atom is 0.122 e. The first kappa shape index (κ1) is 19.6. The Kier molecular flexibility index (Phi) is 7.60. The van der Waals surface area contributed by atoms with Gasteiger partial charge in [-0.05, 0) is 68.6 Å². The summed E-state index contributed by atoms with van der Waals surface area (Å²) in [5, 5.41) is 0. The number of benzene rings is 2. The van der Waals surface area contributed by atoms with Gasteiger partial charge in [-0.1, -0.05) is 30.3 Å². The van der Waals surface area contributed by atoms with Crippen LogP contribution in [0.5, 0.6) is 11.5 Å². The average Bonchev–Trinajstić information content (AvgIpc) is 3.04. The normalized spacial score (nSPS) is 17.1. The number of rotatable bonds is 7. The highest BCUT2D eigenvalue weighted by Crippen LogP contribution is 2.23. The smallest absolute Gasteiger partial charge is 0.122 e. The average molecular weight is 362 g/mol. The molecule has 0 aromatic heterocycles. The quantitative estimate of drug-likeness (QED) is 0.730. The van der Waals surface area contributed by atoms with Crippen molar-refractivity contribution in [1.82, 2.24) is 4.90 Å². The van der Waals surface area contributed by atoms with Crippen LogP contribution in [0.4, 0.5) is 0 Å². The molecule has 1 aliphatic rings. The molecule has 136 valence electrons. The van der Waals surface area contributed by atoms with Crippen LogP contribution < -0.4 is 9.47 Å². The zero-order valence-electron chi connectivity index (χ0n) is 15.1. The lowest BCUT2D eigenvalue weighted by atomic mass is 10.0. The van der Waals surface area contributed by atoms with Gasteiger partial charge >= 0.3 is 0 Å². The first-order valence-corrected chi connectivity index (χ1v) is 8.80. The molecule has 1 aliphatic heterocycles. The Hall–Kier alpha value is -1.71. The second-order valence-electron chi connectivity index (χ2n) is 6.55. The summed E-state index contributed by atoms with van der Waals surface area (Å²) in [5.41, 5.74) is 2.57. The van der Waals surface area contributed by atoms with E-state index in [1.807, 2.05) is 12.1 Å². The molecule has 2 aromatic carbocycles. The van der Waals surface area contributed by atoms with E-state index in [0.29, 0.717) is 6.04 Å². The van der Waals surface area contributed by atoms with Crippen molar-refractivity contribution in [3.8, 4) is 11.5 Å². The number of likely N-dealkylation sites (tertiary alicyclic amines) is 1. The third-order valence-electron chi connectivity index (χ3n) is 4.89. The predicted octanol–water partition coefficient (Wildman–Crippen LogP) is 4.38. The Labute approximate surface area is 157 Å².